The maximum atomic E-state index is 10.6. The van der Waals surface area contributed by atoms with Gasteiger partial charge < -0.3 is 15.2 Å². The van der Waals surface area contributed by atoms with Gasteiger partial charge in [-0.3, -0.25) is 0 Å². The van der Waals surface area contributed by atoms with Crippen molar-refractivity contribution in [2.45, 2.75) is 58.2 Å². The summed E-state index contributed by atoms with van der Waals surface area (Å²) in [5.74, 6) is 1.84. The second-order valence-corrected chi connectivity index (χ2v) is 6.19. The molecular formula is C15H25N3O2. The summed E-state index contributed by atoms with van der Waals surface area (Å²) in [7, 11) is 0. The maximum Gasteiger partial charge on any atom is 0.218 e. The van der Waals surface area contributed by atoms with E-state index in [9.17, 15) is 5.11 Å². The Labute approximate surface area is 120 Å². The van der Waals surface area contributed by atoms with Gasteiger partial charge in [-0.05, 0) is 32.6 Å². The fraction of sp³-hybridized carbons (Fsp3) is 0.733. The van der Waals surface area contributed by atoms with Crippen molar-refractivity contribution in [2.24, 2.45) is 5.92 Å². The van der Waals surface area contributed by atoms with Crippen LogP contribution >= 0.6 is 0 Å². The molecule has 5 nitrogen and oxygen atoms in total. The van der Waals surface area contributed by atoms with Crippen molar-refractivity contribution in [3.05, 3.63) is 12.4 Å². The van der Waals surface area contributed by atoms with Gasteiger partial charge in [-0.2, -0.15) is 0 Å². The van der Waals surface area contributed by atoms with E-state index in [1.807, 2.05) is 13.8 Å². The van der Waals surface area contributed by atoms with E-state index in [4.69, 9.17) is 4.74 Å². The van der Waals surface area contributed by atoms with E-state index in [2.05, 4.69) is 22.2 Å². The first-order valence-corrected chi connectivity index (χ1v) is 7.42. The molecular weight excluding hydrogens is 254 g/mol. The molecule has 1 saturated carbocycles. The predicted molar refractivity (Wildman–Crippen MR) is 78.9 cm³/mol. The van der Waals surface area contributed by atoms with E-state index >= 15 is 0 Å². The third-order valence-electron chi connectivity index (χ3n) is 3.66. The van der Waals surface area contributed by atoms with Crippen LogP contribution < -0.4 is 10.1 Å². The van der Waals surface area contributed by atoms with Gasteiger partial charge in [0.25, 0.3) is 0 Å². The Balaban J connectivity index is 1.93. The van der Waals surface area contributed by atoms with Crippen LogP contribution in [0.5, 0.6) is 5.88 Å². The molecule has 1 aromatic rings. The zero-order valence-corrected chi connectivity index (χ0v) is 12.6. The van der Waals surface area contributed by atoms with Gasteiger partial charge in [0.05, 0.1) is 11.7 Å². The predicted octanol–water partition coefficient (Wildman–Crippen LogP) is 2.62. The van der Waals surface area contributed by atoms with Gasteiger partial charge in [-0.1, -0.05) is 19.8 Å². The molecule has 0 saturated heterocycles. The molecule has 0 radical (unpaired) electrons. The first-order valence-electron chi connectivity index (χ1n) is 7.42. The lowest BCUT2D eigenvalue weighted by Crippen LogP contribution is -2.41. The van der Waals surface area contributed by atoms with Gasteiger partial charge in [0.2, 0.25) is 5.88 Å². The van der Waals surface area contributed by atoms with E-state index in [0.717, 1.165) is 19.3 Å². The van der Waals surface area contributed by atoms with Crippen LogP contribution in [-0.2, 0) is 0 Å². The highest BCUT2D eigenvalue weighted by molar-refractivity contribution is 5.37. The topological polar surface area (TPSA) is 67.3 Å². The number of anilines is 1. The van der Waals surface area contributed by atoms with E-state index in [1.54, 1.807) is 6.07 Å². The van der Waals surface area contributed by atoms with Crippen LogP contribution in [-0.4, -0.2) is 33.3 Å². The Morgan fingerprint density at radius 2 is 2.30 bits per heavy atom. The fourth-order valence-corrected chi connectivity index (χ4v) is 2.79. The molecule has 1 aliphatic rings. The van der Waals surface area contributed by atoms with Crippen molar-refractivity contribution in [1.82, 2.24) is 9.97 Å². The van der Waals surface area contributed by atoms with Crippen molar-refractivity contribution >= 4 is 5.82 Å². The van der Waals surface area contributed by atoms with Crippen molar-refractivity contribution in [3.8, 4) is 5.88 Å². The summed E-state index contributed by atoms with van der Waals surface area (Å²) in [6, 6.07) is 1.77. The quantitative estimate of drug-likeness (QED) is 0.867. The van der Waals surface area contributed by atoms with Gasteiger partial charge in [-0.15, -0.1) is 0 Å². The SMILES string of the molecule is CC1CCCC(O)(CNc2cc(OC(C)C)ncn2)C1. The Hall–Kier alpha value is -1.36. The molecule has 0 amide bonds. The molecule has 0 spiro atoms. The maximum absolute atomic E-state index is 10.6. The minimum Gasteiger partial charge on any atom is -0.475 e. The van der Waals surface area contributed by atoms with Crippen LogP contribution in [0.15, 0.2) is 12.4 Å². The molecule has 1 fully saturated rings. The molecule has 2 atom stereocenters. The third-order valence-corrected chi connectivity index (χ3v) is 3.66. The van der Waals surface area contributed by atoms with Crippen LogP contribution in [0, 0.1) is 5.92 Å². The van der Waals surface area contributed by atoms with E-state index in [-0.39, 0.29) is 6.10 Å². The van der Waals surface area contributed by atoms with Crippen LogP contribution in [0.1, 0.15) is 46.5 Å². The lowest BCUT2D eigenvalue weighted by atomic mass is 9.79. The van der Waals surface area contributed by atoms with E-state index in [0.29, 0.717) is 24.2 Å². The highest BCUT2D eigenvalue weighted by Gasteiger charge is 2.32. The van der Waals surface area contributed by atoms with Crippen molar-refractivity contribution < 1.29 is 9.84 Å². The van der Waals surface area contributed by atoms with Gasteiger partial charge >= 0.3 is 0 Å². The highest BCUT2D eigenvalue weighted by atomic mass is 16.5. The zero-order valence-electron chi connectivity index (χ0n) is 12.6. The second-order valence-electron chi connectivity index (χ2n) is 6.19. The van der Waals surface area contributed by atoms with Gasteiger partial charge in [0, 0.05) is 12.6 Å². The first-order chi connectivity index (χ1) is 9.47. The molecule has 2 N–H and O–H groups in total. The summed E-state index contributed by atoms with van der Waals surface area (Å²) in [6.45, 7) is 6.64. The molecule has 0 bridgehead atoms. The Kier molecular flexibility index (Phi) is 4.81. The molecule has 1 heterocycles. The number of hydrogen-bond donors (Lipinski definition) is 2. The summed E-state index contributed by atoms with van der Waals surface area (Å²) in [5, 5.41) is 13.8. The minimum absolute atomic E-state index is 0.0844. The molecule has 20 heavy (non-hydrogen) atoms. The second kappa shape index (κ2) is 6.39. The number of aliphatic hydroxyl groups is 1. The van der Waals surface area contributed by atoms with Crippen molar-refractivity contribution in [1.29, 1.82) is 0 Å². The standard InChI is InChI=1S/C15H25N3O2/c1-11(2)20-14-7-13(17-10-18-14)16-9-15(19)6-4-5-12(3)8-15/h7,10-12,19H,4-6,8-9H2,1-3H3,(H,16,17,18). The van der Waals surface area contributed by atoms with Crippen molar-refractivity contribution in [2.75, 3.05) is 11.9 Å². The summed E-state index contributed by atoms with van der Waals surface area (Å²) < 4.78 is 5.54. The molecule has 0 aromatic carbocycles. The van der Waals surface area contributed by atoms with E-state index in [1.165, 1.54) is 12.7 Å². The van der Waals surface area contributed by atoms with E-state index < -0.39 is 5.60 Å². The number of nitrogens with one attached hydrogen (secondary N) is 1. The lowest BCUT2D eigenvalue weighted by molar-refractivity contribution is -0.000839. The molecule has 112 valence electrons. The van der Waals surface area contributed by atoms with Crippen LogP contribution in [0.4, 0.5) is 5.82 Å². The largest absolute Gasteiger partial charge is 0.475 e. The van der Waals surface area contributed by atoms with Crippen LogP contribution in [0.25, 0.3) is 0 Å². The normalized spacial score (nSPS) is 26.6. The third kappa shape index (κ3) is 4.34. The molecule has 2 unspecified atom stereocenters. The number of aromatic nitrogens is 2. The summed E-state index contributed by atoms with van der Waals surface area (Å²) in [6.07, 6.45) is 5.56. The summed E-state index contributed by atoms with van der Waals surface area (Å²) >= 11 is 0. The van der Waals surface area contributed by atoms with Crippen LogP contribution in [0.3, 0.4) is 0 Å². The number of ether oxygens (including phenoxy) is 1. The molecule has 2 rings (SSSR count). The van der Waals surface area contributed by atoms with Crippen LogP contribution in [0.2, 0.25) is 0 Å². The number of nitrogens with zero attached hydrogens (tertiary/aromatic N) is 2. The molecule has 1 aromatic heterocycles. The first kappa shape index (κ1) is 15.0. The lowest BCUT2D eigenvalue weighted by Gasteiger charge is -2.35. The summed E-state index contributed by atoms with van der Waals surface area (Å²) in [4.78, 5) is 8.24. The average molecular weight is 279 g/mol. The number of rotatable bonds is 5. The van der Waals surface area contributed by atoms with Crippen molar-refractivity contribution in [3.63, 3.8) is 0 Å². The molecule has 5 heteroatoms. The Morgan fingerprint density at radius 3 is 3.00 bits per heavy atom. The van der Waals surface area contributed by atoms with Gasteiger partial charge in [0.15, 0.2) is 0 Å². The monoisotopic (exact) mass is 279 g/mol. The Morgan fingerprint density at radius 1 is 1.50 bits per heavy atom. The smallest absolute Gasteiger partial charge is 0.218 e. The minimum atomic E-state index is -0.623. The molecule has 0 aliphatic heterocycles. The highest BCUT2D eigenvalue weighted by Crippen LogP contribution is 2.32. The Bertz CT molecular complexity index is 439. The number of hydrogen-bond acceptors (Lipinski definition) is 5. The fourth-order valence-electron chi connectivity index (χ4n) is 2.79. The average Bonchev–Trinajstić information content (AvgIpc) is 2.36. The molecule has 1 aliphatic carbocycles. The van der Waals surface area contributed by atoms with Gasteiger partial charge in [0.1, 0.15) is 12.1 Å². The van der Waals surface area contributed by atoms with Gasteiger partial charge in [-0.25, -0.2) is 9.97 Å². The summed E-state index contributed by atoms with van der Waals surface area (Å²) in [5.41, 5.74) is -0.623. The zero-order chi connectivity index (χ0) is 14.6.